The first-order valence-corrected chi connectivity index (χ1v) is 5.25. The standard InChI is InChI=1S/C10H20O5/c1-5(2)14-10-7(4-11)15-6(3)8(12)9(10)13/h5-13H,4H2,1-3H3/t6?,7?,8?,9-,10-/m1/s1. The smallest absolute Gasteiger partial charge is 0.115 e. The highest BCUT2D eigenvalue weighted by molar-refractivity contribution is 4.91. The number of hydrogen-bond acceptors (Lipinski definition) is 5. The van der Waals surface area contributed by atoms with Crippen LogP contribution < -0.4 is 0 Å². The summed E-state index contributed by atoms with van der Waals surface area (Å²) in [4.78, 5) is 0. The van der Waals surface area contributed by atoms with Crippen molar-refractivity contribution in [2.75, 3.05) is 6.61 Å². The van der Waals surface area contributed by atoms with E-state index in [0.717, 1.165) is 0 Å². The second-order valence-corrected chi connectivity index (χ2v) is 4.19. The summed E-state index contributed by atoms with van der Waals surface area (Å²) in [5.41, 5.74) is 0. The van der Waals surface area contributed by atoms with Crippen molar-refractivity contribution in [2.24, 2.45) is 0 Å². The molecule has 0 amide bonds. The Morgan fingerprint density at radius 1 is 1.27 bits per heavy atom. The summed E-state index contributed by atoms with van der Waals surface area (Å²) in [6.45, 7) is 5.07. The zero-order valence-electron chi connectivity index (χ0n) is 9.33. The summed E-state index contributed by atoms with van der Waals surface area (Å²) in [5, 5.41) is 28.5. The molecule has 5 atom stereocenters. The summed E-state index contributed by atoms with van der Waals surface area (Å²) in [6.07, 6.45) is -3.85. The third-order valence-corrected chi connectivity index (χ3v) is 2.53. The number of aliphatic hydroxyl groups excluding tert-OH is 3. The van der Waals surface area contributed by atoms with Crippen LogP contribution >= 0.6 is 0 Å². The van der Waals surface area contributed by atoms with Gasteiger partial charge in [0.2, 0.25) is 0 Å². The van der Waals surface area contributed by atoms with E-state index in [4.69, 9.17) is 14.6 Å². The molecule has 0 aromatic carbocycles. The topological polar surface area (TPSA) is 79.2 Å². The summed E-state index contributed by atoms with van der Waals surface area (Å²) in [7, 11) is 0. The molecule has 0 saturated carbocycles. The maximum atomic E-state index is 9.79. The third-order valence-electron chi connectivity index (χ3n) is 2.53. The average molecular weight is 220 g/mol. The molecular weight excluding hydrogens is 200 g/mol. The van der Waals surface area contributed by atoms with Gasteiger partial charge in [0, 0.05) is 0 Å². The van der Waals surface area contributed by atoms with E-state index in [0.29, 0.717) is 0 Å². The van der Waals surface area contributed by atoms with Gasteiger partial charge < -0.3 is 24.8 Å². The third kappa shape index (κ3) is 2.89. The fraction of sp³-hybridized carbons (Fsp3) is 1.00. The second kappa shape index (κ2) is 5.23. The molecule has 0 bridgehead atoms. The van der Waals surface area contributed by atoms with Crippen LogP contribution in [0.2, 0.25) is 0 Å². The lowest BCUT2D eigenvalue weighted by Gasteiger charge is -2.41. The van der Waals surface area contributed by atoms with Gasteiger partial charge in [0.1, 0.15) is 24.4 Å². The molecule has 1 fully saturated rings. The van der Waals surface area contributed by atoms with Gasteiger partial charge in [-0.3, -0.25) is 0 Å². The Morgan fingerprint density at radius 3 is 2.33 bits per heavy atom. The van der Waals surface area contributed by atoms with E-state index >= 15 is 0 Å². The predicted octanol–water partition coefficient (Wildman–Crippen LogP) is -0.719. The Hall–Kier alpha value is -0.200. The van der Waals surface area contributed by atoms with Gasteiger partial charge >= 0.3 is 0 Å². The van der Waals surface area contributed by atoms with Gasteiger partial charge in [-0.25, -0.2) is 0 Å². The first kappa shape index (κ1) is 12.9. The van der Waals surface area contributed by atoms with E-state index in [1.807, 2.05) is 13.8 Å². The van der Waals surface area contributed by atoms with Gasteiger partial charge in [0.15, 0.2) is 0 Å². The minimum Gasteiger partial charge on any atom is -0.394 e. The fourth-order valence-electron chi connectivity index (χ4n) is 1.75. The zero-order chi connectivity index (χ0) is 11.6. The van der Waals surface area contributed by atoms with Crippen molar-refractivity contribution in [1.82, 2.24) is 0 Å². The molecule has 5 nitrogen and oxygen atoms in total. The Kier molecular flexibility index (Phi) is 4.48. The van der Waals surface area contributed by atoms with E-state index in [-0.39, 0.29) is 12.7 Å². The lowest BCUT2D eigenvalue weighted by molar-refractivity contribution is -0.244. The van der Waals surface area contributed by atoms with Crippen molar-refractivity contribution in [3.63, 3.8) is 0 Å². The highest BCUT2D eigenvalue weighted by atomic mass is 16.6. The van der Waals surface area contributed by atoms with Crippen LogP contribution in [0.1, 0.15) is 20.8 Å². The van der Waals surface area contributed by atoms with Crippen molar-refractivity contribution in [1.29, 1.82) is 0 Å². The highest BCUT2D eigenvalue weighted by Crippen LogP contribution is 2.24. The highest BCUT2D eigenvalue weighted by Gasteiger charge is 2.43. The molecule has 0 spiro atoms. The SMILES string of the molecule is CC(C)O[C@@H]1C(CO)OC(C)C(O)[C@H]1O. The summed E-state index contributed by atoms with van der Waals surface area (Å²) in [5.74, 6) is 0. The lowest BCUT2D eigenvalue weighted by Crippen LogP contribution is -2.59. The van der Waals surface area contributed by atoms with Crippen LogP contribution in [-0.2, 0) is 9.47 Å². The summed E-state index contributed by atoms with van der Waals surface area (Å²) < 4.78 is 10.8. The van der Waals surface area contributed by atoms with Gasteiger partial charge in [-0.05, 0) is 20.8 Å². The van der Waals surface area contributed by atoms with Gasteiger partial charge in [-0.1, -0.05) is 0 Å². The maximum Gasteiger partial charge on any atom is 0.115 e. The minimum absolute atomic E-state index is 0.0945. The Labute approximate surface area is 89.6 Å². The summed E-state index contributed by atoms with van der Waals surface area (Å²) in [6, 6.07) is 0. The van der Waals surface area contributed by atoms with Gasteiger partial charge in [-0.2, -0.15) is 0 Å². The van der Waals surface area contributed by atoms with E-state index in [1.165, 1.54) is 0 Å². The molecular formula is C10H20O5. The molecule has 5 heteroatoms. The van der Waals surface area contributed by atoms with Crippen LogP contribution in [-0.4, -0.2) is 58.6 Å². The molecule has 3 unspecified atom stereocenters. The van der Waals surface area contributed by atoms with Crippen LogP contribution in [0.15, 0.2) is 0 Å². The minimum atomic E-state index is -1.02. The molecule has 0 aliphatic carbocycles. The first-order valence-electron chi connectivity index (χ1n) is 5.25. The summed E-state index contributed by atoms with van der Waals surface area (Å²) >= 11 is 0. The largest absolute Gasteiger partial charge is 0.394 e. The van der Waals surface area contributed by atoms with Crippen LogP contribution in [0.3, 0.4) is 0 Å². The van der Waals surface area contributed by atoms with Crippen molar-refractivity contribution < 1.29 is 24.8 Å². The Morgan fingerprint density at radius 2 is 1.87 bits per heavy atom. The number of hydrogen-bond donors (Lipinski definition) is 3. The normalized spacial score (nSPS) is 42.2. The van der Waals surface area contributed by atoms with Crippen molar-refractivity contribution in [3.8, 4) is 0 Å². The van der Waals surface area contributed by atoms with Crippen LogP contribution in [0.5, 0.6) is 0 Å². The molecule has 0 aromatic heterocycles. The second-order valence-electron chi connectivity index (χ2n) is 4.19. The van der Waals surface area contributed by atoms with Crippen molar-refractivity contribution >= 4 is 0 Å². The molecule has 1 aliphatic heterocycles. The molecule has 1 rings (SSSR count). The monoisotopic (exact) mass is 220 g/mol. The molecule has 0 radical (unpaired) electrons. The molecule has 1 aliphatic rings. The van der Waals surface area contributed by atoms with Crippen molar-refractivity contribution in [3.05, 3.63) is 0 Å². The molecule has 1 heterocycles. The average Bonchev–Trinajstić information content (AvgIpc) is 2.18. The molecule has 3 N–H and O–H groups in total. The molecule has 15 heavy (non-hydrogen) atoms. The number of ether oxygens (including phenoxy) is 2. The first-order chi connectivity index (χ1) is 6.97. The van der Waals surface area contributed by atoms with E-state index < -0.39 is 30.5 Å². The van der Waals surface area contributed by atoms with E-state index in [1.54, 1.807) is 6.92 Å². The quantitative estimate of drug-likeness (QED) is 0.585. The molecule has 1 saturated heterocycles. The lowest BCUT2D eigenvalue weighted by atomic mass is 9.95. The maximum absolute atomic E-state index is 9.79. The van der Waals surface area contributed by atoms with Gasteiger partial charge in [0.25, 0.3) is 0 Å². The fourth-order valence-corrected chi connectivity index (χ4v) is 1.75. The number of aliphatic hydroxyl groups is 3. The van der Waals surface area contributed by atoms with E-state index in [2.05, 4.69) is 0 Å². The molecule has 0 aromatic rings. The zero-order valence-corrected chi connectivity index (χ0v) is 9.33. The molecule has 90 valence electrons. The number of rotatable bonds is 3. The Bertz CT molecular complexity index is 194. The van der Waals surface area contributed by atoms with Crippen LogP contribution in [0.25, 0.3) is 0 Å². The van der Waals surface area contributed by atoms with Gasteiger partial charge in [0.05, 0.1) is 18.8 Å². The van der Waals surface area contributed by atoms with Crippen LogP contribution in [0.4, 0.5) is 0 Å². The van der Waals surface area contributed by atoms with Crippen LogP contribution in [0, 0.1) is 0 Å². The Balaban J connectivity index is 2.70. The predicted molar refractivity (Wildman–Crippen MR) is 53.4 cm³/mol. The van der Waals surface area contributed by atoms with E-state index in [9.17, 15) is 10.2 Å². The van der Waals surface area contributed by atoms with Crippen molar-refractivity contribution in [2.45, 2.75) is 57.4 Å². The van der Waals surface area contributed by atoms with Gasteiger partial charge in [-0.15, -0.1) is 0 Å².